The first-order valence-corrected chi connectivity index (χ1v) is 12.1. The zero-order valence-corrected chi connectivity index (χ0v) is 18.6. The summed E-state index contributed by atoms with van der Waals surface area (Å²) in [5.74, 6) is -0.227. The Morgan fingerprint density at radius 1 is 1.34 bits per heavy atom. The van der Waals surface area contributed by atoms with E-state index in [1.807, 2.05) is 24.3 Å². The number of sulfone groups is 1. The molecule has 2 aliphatic heterocycles. The van der Waals surface area contributed by atoms with Gasteiger partial charge >= 0.3 is 0 Å². The van der Waals surface area contributed by atoms with Crippen LogP contribution >= 0.6 is 24.0 Å². The molecule has 0 aromatic heterocycles. The zero-order valence-electron chi connectivity index (χ0n) is 16.1. The summed E-state index contributed by atoms with van der Waals surface area (Å²) >= 11 is 6.51. The molecule has 2 aliphatic rings. The molecule has 1 unspecified atom stereocenters. The van der Waals surface area contributed by atoms with E-state index in [1.54, 1.807) is 6.08 Å². The van der Waals surface area contributed by atoms with Gasteiger partial charge in [0.05, 0.1) is 16.7 Å². The van der Waals surface area contributed by atoms with Crippen LogP contribution in [0.25, 0.3) is 6.08 Å². The van der Waals surface area contributed by atoms with E-state index in [4.69, 9.17) is 12.2 Å². The minimum absolute atomic E-state index is 0.0488. The molecule has 3 rings (SSSR count). The van der Waals surface area contributed by atoms with E-state index in [0.717, 1.165) is 11.0 Å². The summed E-state index contributed by atoms with van der Waals surface area (Å²) in [5.41, 5.74) is 2.15. The summed E-state index contributed by atoms with van der Waals surface area (Å²) in [6, 6.07) is 7.50. The molecule has 2 heterocycles. The van der Waals surface area contributed by atoms with Crippen molar-refractivity contribution in [2.45, 2.75) is 32.2 Å². The normalized spacial score (nSPS) is 22.1. The van der Waals surface area contributed by atoms with Crippen LogP contribution in [-0.2, 0) is 19.4 Å². The number of nitrogens with one attached hydrogen (secondary N) is 1. The number of benzene rings is 1. The highest BCUT2D eigenvalue weighted by molar-refractivity contribution is 8.26. The van der Waals surface area contributed by atoms with Crippen LogP contribution in [0.3, 0.4) is 0 Å². The Bertz CT molecular complexity index is 995. The van der Waals surface area contributed by atoms with Crippen molar-refractivity contribution in [3.05, 3.63) is 51.8 Å². The van der Waals surface area contributed by atoms with Gasteiger partial charge in [-0.2, -0.15) is 0 Å². The van der Waals surface area contributed by atoms with Crippen molar-refractivity contribution in [3.63, 3.8) is 0 Å². The number of thioether (sulfide) groups is 1. The lowest BCUT2D eigenvalue weighted by Crippen LogP contribution is -2.38. The Hall–Kier alpha value is -1.97. The predicted molar refractivity (Wildman–Crippen MR) is 120 cm³/mol. The third-order valence-corrected chi connectivity index (χ3v) is 7.39. The SMILES string of the molecule is CC(C)c1ccc(/C=C2\SC(=S)N(CCC(=O)NC3C=CS(=O)(=O)C3)C2=O)cc1. The minimum Gasteiger partial charge on any atom is -0.349 e. The van der Waals surface area contributed by atoms with Gasteiger partial charge in [0.25, 0.3) is 5.91 Å². The van der Waals surface area contributed by atoms with Gasteiger partial charge in [-0.3, -0.25) is 14.5 Å². The fourth-order valence-electron chi connectivity index (χ4n) is 2.98. The lowest BCUT2D eigenvalue weighted by molar-refractivity contribution is -0.124. The largest absolute Gasteiger partial charge is 0.349 e. The van der Waals surface area contributed by atoms with Crippen LogP contribution in [0.1, 0.15) is 37.3 Å². The molecule has 9 heteroatoms. The van der Waals surface area contributed by atoms with Crippen LogP contribution in [0.5, 0.6) is 0 Å². The quantitative estimate of drug-likeness (QED) is 0.530. The summed E-state index contributed by atoms with van der Waals surface area (Å²) in [5, 5.41) is 3.76. The Kier molecular flexibility index (Phi) is 6.60. The fourth-order valence-corrected chi connectivity index (χ4v) is 5.52. The second kappa shape index (κ2) is 8.81. The van der Waals surface area contributed by atoms with Crippen LogP contribution < -0.4 is 5.32 Å². The molecule has 0 saturated carbocycles. The molecule has 0 aliphatic carbocycles. The number of hydrogen-bond acceptors (Lipinski definition) is 6. The zero-order chi connectivity index (χ0) is 21.2. The Morgan fingerprint density at radius 3 is 2.62 bits per heavy atom. The van der Waals surface area contributed by atoms with Gasteiger partial charge in [0, 0.05) is 18.4 Å². The summed E-state index contributed by atoms with van der Waals surface area (Å²) in [7, 11) is -3.23. The molecule has 1 aromatic carbocycles. The average Bonchev–Trinajstić information content (AvgIpc) is 3.12. The van der Waals surface area contributed by atoms with E-state index in [9.17, 15) is 18.0 Å². The van der Waals surface area contributed by atoms with Crippen LogP contribution in [0.15, 0.2) is 40.7 Å². The first-order valence-electron chi connectivity index (χ1n) is 9.20. The molecule has 1 aromatic rings. The number of amides is 2. The maximum absolute atomic E-state index is 12.7. The lowest BCUT2D eigenvalue weighted by Gasteiger charge is -2.15. The molecule has 0 bridgehead atoms. The molecule has 0 radical (unpaired) electrons. The molecule has 1 N–H and O–H groups in total. The predicted octanol–water partition coefficient (Wildman–Crippen LogP) is 2.83. The van der Waals surface area contributed by atoms with E-state index in [2.05, 4.69) is 19.2 Å². The molecular weight excluding hydrogens is 428 g/mol. The highest BCUT2D eigenvalue weighted by Crippen LogP contribution is 2.32. The second-order valence-electron chi connectivity index (χ2n) is 7.24. The van der Waals surface area contributed by atoms with Crippen LogP contribution in [0.4, 0.5) is 0 Å². The van der Waals surface area contributed by atoms with E-state index in [-0.39, 0.29) is 30.5 Å². The average molecular weight is 451 g/mol. The van der Waals surface area contributed by atoms with Gasteiger partial charge in [-0.15, -0.1) is 0 Å². The van der Waals surface area contributed by atoms with E-state index < -0.39 is 15.9 Å². The van der Waals surface area contributed by atoms with Gasteiger partial charge < -0.3 is 5.32 Å². The first kappa shape index (κ1) is 21.7. The number of carbonyl (C=O) groups is 2. The number of rotatable bonds is 6. The smallest absolute Gasteiger partial charge is 0.266 e. The third-order valence-electron chi connectivity index (χ3n) is 4.61. The van der Waals surface area contributed by atoms with Crippen molar-refractivity contribution < 1.29 is 18.0 Å². The molecule has 2 amide bonds. The summed E-state index contributed by atoms with van der Waals surface area (Å²) < 4.78 is 23.2. The Balaban J connectivity index is 1.57. The van der Waals surface area contributed by atoms with Crippen LogP contribution in [0.2, 0.25) is 0 Å². The third kappa shape index (κ3) is 5.55. The molecule has 0 spiro atoms. The molecule has 1 fully saturated rings. The standard InChI is InChI=1S/C20H22N2O4S3/c1-13(2)15-5-3-14(4-6-15)11-17-19(24)22(20(27)28-17)9-7-18(23)21-16-8-10-29(25,26)12-16/h3-6,8,10-11,13,16H,7,9,12H2,1-2H3,(H,21,23)/b17-11-. The summed E-state index contributed by atoms with van der Waals surface area (Å²) in [6.45, 7) is 4.40. The van der Waals surface area contributed by atoms with Crippen molar-refractivity contribution in [2.24, 2.45) is 0 Å². The van der Waals surface area contributed by atoms with Gasteiger partial charge in [0.1, 0.15) is 4.32 Å². The molecule has 6 nitrogen and oxygen atoms in total. The molecule has 154 valence electrons. The lowest BCUT2D eigenvalue weighted by atomic mass is 10.0. The molecule has 29 heavy (non-hydrogen) atoms. The first-order chi connectivity index (χ1) is 13.6. The number of hydrogen-bond donors (Lipinski definition) is 1. The van der Waals surface area contributed by atoms with Crippen molar-refractivity contribution in [3.8, 4) is 0 Å². The van der Waals surface area contributed by atoms with Crippen molar-refractivity contribution in [1.82, 2.24) is 10.2 Å². The maximum Gasteiger partial charge on any atom is 0.266 e. The molecule has 1 saturated heterocycles. The van der Waals surface area contributed by atoms with Gasteiger partial charge in [-0.05, 0) is 29.2 Å². The highest BCUT2D eigenvalue weighted by Gasteiger charge is 2.32. The number of carbonyl (C=O) groups excluding carboxylic acids is 2. The van der Waals surface area contributed by atoms with Gasteiger partial charge in [-0.25, -0.2) is 8.42 Å². The fraction of sp³-hybridized carbons (Fsp3) is 0.350. The maximum atomic E-state index is 12.7. The van der Waals surface area contributed by atoms with E-state index >= 15 is 0 Å². The summed E-state index contributed by atoms with van der Waals surface area (Å²) in [6.07, 6.45) is 3.31. The van der Waals surface area contributed by atoms with Gasteiger partial charge in [-0.1, -0.05) is 62.1 Å². The number of nitrogens with zero attached hydrogens (tertiary/aromatic N) is 1. The molecule has 1 atom stereocenters. The van der Waals surface area contributed by atoms with Crippen LogP contribution in [0, 0.1) is 0 Å². The van der Waals surface area contributed by atoms with Gasteiger partial charge in [0.2, 0.25) is 5.91 Å². The van der Waals surface area contributed by atoms with Crippen molar-refractivity contribution in [2.75, 3.05) is 12.3 Å². The summed E-state index contributed by atoms with van der Waals surface area (Å²) in [4.78, 5) is 26.7. The minimum atomic E-state index is -3.23. The Morgan fingerprint density at radius 2 is 2.03 bits per heavy atom. The second-order valence-corrected chi connectivity index (χ2v) is 10.8. The van der Waals surface area contributed by atoms with Crippen molar-refractivity contribution in [1.29, 1.82) is 0 Å². The topological polar surface area (TPSA) is 83.6 Å². The Labute approximate surface area is 180 Å². The molecular formula is C20H22N2O4S3. The van der Waals surface area contributed by atoms with Crippen molar-refractivity contribution >= 4 is 56.0 Å². The highest BCUT2D eigenvalue weighted by atomic mass is 32.2. The van der Waals surface area contributed by atoms with Crippen LogP contribution in [-0.4, -0.2) is 47.8 Å². The van der Waals surface area contributed by atoms with E-state index in [0.29, 0.717) is 15.1 Å². The monoisotopic (exact) mass is 450 g/mol. The number of thiocarbonyl (C=S) groups is 1. The van der Waals surface area contributed by atoms with E-state index in [1.165, 1.54) is 28.3 Å². The van der Waals surface area contributed by atoms with Gasteiger partial charge in [0.15, 0.2) is 9.84 Å².